The van der Waals surface area contributed by atoms with Gasteiger partial charge in [0.25, 0.3) is 0 Å². The minimum atomic E-state index is 0.775. The van der Waals surface area contributed by atoms with Crippen LogP contribution >= 0.6 is 0 Å². The largest absolute Gasteiger partial charge is 0.330 e. The van der Waals surface area contributed by atoms with Crippen LogP contribution in [0.25, 0.3) is 0 Å². The topological polar surface area (TPSA) is 55.0 Å². The van der Waals surface area contributed by atoms with E-state index in [4.69, 9.17) is 5.73 Å². The van der Waals surface area contributed by atoms with Crippen molar-refractivity contribution in [3.63, 3.8) is 0 Å². The van der Waals surface area contributed by atoms with Crippen LogP contribution in [-0.4, -0.2) is 34.5 Å². The molecule has 0 aliphatic carbocycles. The minimum Gasteiger partial charge on any atom is -0.330 e. The van der Waals surface area contributed by atoms with Gasteiger partial charge < -0.3 is 5.73 Å². The average molecular weight is 234 g/mol. The molecule has 0 amide bonds. The molecule has 0 spiro atoms. The number of likely N-dealkylation sites (tertiary alicyclic amines) is 1. The Bertz CT molecular complexity index is 351. The normalized spacial score (nSPS) is 21.6. The maximum Gasteiger partial charge on any atom is 0.125 e. The maximum absolute atomic E-state index is 5.64. The smallest absolute Gasteiger partial charge is 0.125 e. The number of nitrogens with two attached hydrogens (primary N) is 1. The van der Waals surface area contributed by atoms with Gasteiger partial charge in [0.15, 0.2) is 0 Å². The Balaban J connectivity index is 1.90. The molecule has 1 fully saturated rings. The number of aromatic nitrogens is 2. The fraction of sp³-hybridized carbons (Fsp3) is 0.692. The summed E-state index contributed by atoms with van der Waals surface area (Å²) in [5, 5.41) is 0. The number of aryl methyl sites for hydroxylation is 1. The summed E-state index contributed by atoms with van der Waals surface area (Å²) >= 11 is 0. The highest BCUT2D eigenvalue weighted by Crippen LogP contribution is 2.20. The van der Waals surface area contributed by atoms with E-state index in [1.807, 2.05) is 19.2 Å². The molecule has 1 saturated heterocycles. The third-order valence-electron chi connectivity index (χ3n) is 3.40. The summed E-state index contributed by atoms with van der Waals surface area (Å²) in [5.74, 6) is 1.63. The minimum absolute atomic E-state index is 0.775. The molecule has 1 aromatic rings. The van der Waals surface area contributed by atoms with Crippen molar-refractivity contribution in [1.29, 1.82) is 0 Å². The fourth-order valence-corrected chi connectivity index (χ4v) is 2.59. The number of piperidine rings is 1. The van der Waals surface area contributed by atoms with Crippen LogP contribution in [0.2, 0.25) is 0 Å². The SMILES string of the molecule is Cc1nccc(CN2CCCC(CCN)C2)n1. The third kappa shape index (κ3) is 3.75. The molecule has 94 valence electrons. The fourth-order valence-electron chi connectivity index (χ4n) is 2.59. The number of nitrogens with zero attached hydrogens (tertiary/aromatic N) is 3. The summed E-state index contributed by atoms with van der Waals surface area (Å²) in [7, 11) is 0. The van der Waals surface area contributed by atoms with E-state index in [0.29, 0.717) is 0 Å². The van der Waals surface area contributed by atoms with Crippen LogP contribution < -0.4 is 5.73 Å². The van der Waals surface area contributed by atoms with Gasteiger partial charge in [0.2, 0.25) is 0 Å². The summed E-state index contributed by atoms with van der Waals surface area (Å²) in [5.41, 5.74) is 6.77. The predicted octanol–water partition coefficient (Wildman–Crippen LogP) is 1.35. The molecule has 0 saturated carbocycles. The zero-order chi connectivity index (χ0) is 12.1. The molecule has 1 atom stereocenters. The molecule has 1 aliphatic heterocycles. The van der Waals surface area contributed by atoms with Gasteiger partial charge in [-0.25, -0.2) is 9.97 Å². The summed E-state index contributed by atoms with van der Waals surface area (Å²) in [6.07, 6.45) is 5.61. The van der Waals surface area contributed by atoms with Gasteiger partial charge >= 0.3 is 0 Å². The molecule has 0 radical (unpaired) electrons. The second kappa shape index (κ2) is 6.07. The van der Waals surface area contributed by atoms with Crippen LogP contribution in [0.4, 0.5) is 0 Å². The van der Waals surface area contributed by atoms with Gasteiger partial charge in [0.05, 0.1) is 5.69 Å². The van der Waals surface area contributed by atoms with Crippen molar-refractivity contribution in [2.75, 3.05) is 19.6 Å². The van der Waals surface area contributed by atoms with Crippen molar-refractivity contribution < 1.29 is 0 Å². The monoisotopic (exact) mass is 234 g/mol. The molecular formula is C13H22N4. The van der Waals surface area contributed by atoms with E-state index in [1.54, 1.807) is 0 Å². The van der Waals surface area contributed by atoms with E-state index in [0.717, 1.165) is 36.9 Å². The molecule has 4 nitrogen and oxygen atoms in total. The molecular weight excluding hydrogens is 212 g/mol. The maximum atomic E-state index is 5.64. The Kier molecular flexibility index (Phi) is 4.45. The third-order valence-corrected chi connectivity index (χ3v) is 3.40. The lowest BCUT2D eigenvalue weighted by atomic mass is 9.95. The van der Waals surface area contributed by atoms with E-state index in [-0.39, 0.29) is 0 Å². The second-order valence-corrected chi connectivity index (χ2v) is 4.92. The molecule has 1 aromatic heterocycles. The van der Waals surface area contributed by atoms with Gasteiger partial charge in [0.1, 0.15) is 5.82 Å². The average Bonchev–Trinajstić information content (AvgIpc) is 2.30. The molecule has 0 bridgehead atoms. The van der Waals surface area contributed by atoms with Crippen molar-refractivity contribution in [1.82, 2.24) is 14.9 Å². The summed E-state index contributed by atoms with van der Waals surface area (Å²) in [4.78, 5) is 11.1. The number of hydrogen-bond donors (Lipinski definition) is 1. The van der Waals surface area contributed by atoms with Crippen molar-refractivity contribution in [2.24, 2.45) is 11.7 Å². The van der Waals surface area contributed by atoms with E-state index in [1.165, 1.54) is 25.9 Å². The van der Waals surface area contributed by atoms with Gasteiger partial charge in [-0.15, -0.1) is 0 Å². The lowest BCUT2D eigenvalue weighted by Gasteiger charge is -2.32. The van der Waals surface area contributed by atoms with Gasteiger partial charge in [-0.2, -0.15) is 0 Å². The Morgan fingerprint density at radius 2 is 2.41 bits per heavy atom. The molecule has 0 aromatic carbocycles. The molecule has 2 N–H and O–H groups in total. The van der Waals surface area contributed by atoms with E-state index in [9.17, 15) is 0 Å². The lowest BCUT2D eigenvalue weighted by molar-refractivity contribution is 0.161. The van der Waals surface area contributed by atoms with Crippen LogP contribution in [0.5, 0.6) is 0 Å². The Labute approximate surface area is 103 Å². The highest BCUT2D eigenvalue weighted by atomic mass is 15.1. The molecule has 2 rings (SSSR count). The van der Waals surface area contributed by atoms with Gasteiger partial charge in [-0.3, -0.25) is 4.90 Å². The summed E-state index contributed by atoms with van der Waals surface area (Å²) in [6.45, 7) is 6.05. The van der Waals surface area contributed by atoms with E-state index in [2.05, 4.69) is 14.9 Å². The molecule has 17 heavy (non-hydrogen) atoms. The summed E-state index contributed by atoms with van der Waals surface area (Å²) < 4.78 is 0. The van der Waals surface area contributed by atoms with E-state index >= 15 is 0 Å². The van der Waals surface area contributed by atoms with Crippen LogP contribution in [0.3, 0.4) is 0 Å². The lowest BCUT2D eigenvalue weighted by Crippen LogP contribution is -2.35. The Morgan fingerprint density at radius 1 is 1.53 bits per heavy atom. The summed E-state index contributed by atoms with van der Waals surface area (Å²) in [6, 6.07) is 2.01. The highest BCUT2D eigenvalue weighted by Gasteiger charge is 2.19. The Morgan fingerprint density at radius 3 is 3.18 bits per heavy atom. The first-order chi connectivity index (χ1) is 8.28. The molecule has 1 unspecified atom stereocenters. The zero-order valence-electron chi connectivity index (χ0n) is 10.6. The first-order valence-corrected chi connectivity index (χ1v) is 6.49. The second-order valence-electron chi connectivity index (χ2n) is 4.92. The van der Waals surface area contributed by atoms with Crippen molar-refractivity contribution in [2.45, 2.75) is 32.7 Å². The van der Waals surface area contributed by atoms with Crippen molar-refractivity contribution in [3.8, 4) is 0 Å². The quantitative estimate of drug-likeness (QED) is 0.854. The van der Waals surface area contributed by atoms with Gasteiger partial charge in [-0.1, -0.05) is 0 Å². The standard InChI is InChI=1S/C13H22N4/c1-11-15-7-5-13(16-11)10-17-8-2-3-12(9-17)4-6-14/h5,7,12H,2-4,6,8-10,14H2,1H3. The van der Waals surface area contributed by atoms with E-state index < -0.39 is 0 Å². The zero-order valence-corrected chi connectivity index (χ0v) is 10.6. The van der Waals surface area contributed by atoms with Crippen LogP contribution in [0.1, 0.15) is 30.8 Å². The first-order valence-electron chi connectivity index (χ1n) is 6.49. The van der Waals surface area contributed by atoms with Gasteiger partial charge in [0, 0.05) is 19.3 Å². The molecule has 4 heteroatoms. The predicted molar refractivity (Wildman–Crippen MR) is 68.4 cm³/mol. The van der Waals surface area contributed by atoms with Crippen molar-refractivity contribution in [3.05, 3.63) is 23.8 Å². The number of rotatable bonds is 4. The molecule has 1 aliphatic rings. The van der Waals surface area contributed by atoms with Gasteiger partial charge in [-0.05, 0) is 51.3 Å². The molecule has 2 heterocycles. The van der Waals surface area contributed by atoms with Crippen LogP contribution in [0, 0.1) is 12.8 Å². The Hall–Kier alpha value is -1.00. The highest BCUT2D eigenvalue weighted by molar-refractivity contribution is 5.01. The van der Waals surface area contributed by atoms with Crippen LogP contribution in [0.15, 0.2) is 12.3 Å². The van der Waals surface area contributed by atoms with Crippen LogP contribution in [-0.2, 0) is 6.54 Å². The van der Waals surface area contributed by atoms with Crippen molar-refractivity contribution >= 4 is 0 Å². The first kappa shape index (κ1) is 12.5. The number of hydrogen-bond acceptors (Lipinski definition) is 4.